The minimum atomic E-state index is 0.458. The first-order valence-corrected chi connectivity index (χ1v) is 6.31. The Bertz CT molecular complexity index is 331. The van der Waals surface area contributed by atoms with Crippen LogP contribution in [0.3, 0.4) is 0 Å². The first kappa shape index (κ1) is 12.1. The molecule has 0 saturated carbocycles. The van der Waals surface area contributed by atoms with Crippen LogP contribution in [0.25, 0.3) is 0 Å². The summed E-state index contributed by atoms with van der Waals surface area (Å²) in [7, 11) is 0. The van der Waals surface area contributed by atoms with Crippen LogP contribution in [0.4, 0.5) is 11.6 Å². The Labute approximate surface area is 102 Å². The third-order valence-corrected chi connectivity index (χ3v) is 3.26. The van der Waals surface area contributed by atoms with Crippen molar-refractivity contribution in [1.29, 1.82) is 0 Å². The third kappa shape index (κ3) is 3.56. The quantitative estimate of drug-likeness (QED) is 0.824. The topological polar surface area (TPSA) is 67.1 Å². The summed E-state index contributed by atoms with van der Waals surface area (Å²) in [6.07, 6.45) is 7.28. The Hall–Kier alpha value is -1.36. The van der Waals surface area contributed by atoms with Gasteiger partial charge in [-0.3, -0.25) is 4.90 Å². The molecule has 1 aromatic rings. The van der Waals surface area contributed by atoms with Crippen LogP contribution in [-0.2, 0) is 0 Å². The molecule has 94 valence electrons. The second kappa shape index (κ2) is 5.82. The predicted molar refractivity (Wildman–Crippen MR) is 69.8 cm³/mol. The van der Waals surface area contributed by atoms with Crippen molar-refractivity contribution in [2.75, 3.05) is 30.7 Å². The number of aromatic nitrogens is 2. The first-order chi connectivity index (χ1) is 8.25. The smallest absolute Gasteiger partial charge is 0.144 e. The van der Waals surface area contributed by atoms with Crippen molar-refractivity contribution in [2.24, 2.45) is 0 Å². The summed E-state index contributed by atoms with van der Waals surface area (Å²) in [5, 5.41) is 3.30. The number of nitrogens with zero attached hydrogens (tertiary/aromatic N) is 3. The molecule has 3 N–H and O–H groups in total. The molecule has 0 aromatic carbocycles. The zero-order valence-electron chi connectivity index (χ0n) is 10.4. The van der Waals surface area contributed by atoms with Crippen molar-refractivity contribution in [2.45, 2.75) is 32.2 Å². The number of nitrogens with two attached hydrogens (primary N) is 1. The summed E-state index contributed by atoms with van der Waals surface area (Å²) >= 11 is 0. The first-order valence-electron chi connectivity index (χ1n) is 6.31. The van der Waals surface area contributed by atoms with Gasteiger partial charge < -0.3 is 11.1 Å². The van der Waals surface area contributed by atoms with Gasteiger partial charge in [0.15, 0.2) is 0 Å². The lowest BCUT2D eigenvalue weighted by Gasteiger charge is -2.32. The molecule has 1 unspecified atom stereocenters. The number of nitrogen functional groups attached to an aromatic ring is 1. The molecule has 1 aliphatic rings. The molecule has 2 rings (SSSR count). The van der Waals surface area contributed by atoms with Crippen molar-refractivity contribution in [3.8, 4) is 0 Å². The van der Waals surface area contributed by atoms with Crippen LogP contribution in [0.2, 0.25) is 0 Å². The van der Waals surface area contributed by atoms with Gasteiger partial charge in [0.2, 0.25) is 0 Å². The highest BCUT2D eigenvalue weighted by molar-refractivity contribution is 5.35. The summed E-state index contributed by atoms with van der Waals surface area (Å²) in [6, 6.07) is 0.537. The fraction of sp³-hybridized carbons (Fsp3) is 0.667. The van der Waals surface area contributed by atoms with E-state index in [1.165, 1.54) is 32.4 Å². The van der Waals surface area contributed by atoms with Crippen LogP contribution >= 0.6 is 0 Å². The Morgan fingerprint density at radius 3 is 2.71 bits per heavy atom. The van der Waals surface area contributed by atoms with Crippen LogP contribution in [0.15, 0.2) is 12.4 Å². The van der Waals surface area contributed by atoms with Gasteiger partial charge in [-0.05, 0) is 32.9 Å². The molecule has 1 aliphatic heterocycles. The van der Waals surface area contributed by atoms with E-state index in [2.05, 4.69) is 27.1 Å². The van der Waals surface area contributed by atoms with Gasteiger partial charge in [-0.2, -0.15) is 0 Å². The summed E-state index contributed by atoms with van der Waals surface area (Å²) in [5.41, 5.74) is 5.49. The second-order valence-electron chi connectivity index (χ2n) is 4.65. The normalized spacial score (nSPS) is 18.9. The molecule has 5 nitrogen and oxygen atoms in total. The minimum Gasteiger partial charge on any atom is -0.382 e. The Morgan fingerprint density at radius 1 is 1.29 bits per heavy atom. The van der Waals surface area contributed by atoms with Gasteiger partial charge in [0.05, 0.1) is 12.4 Å². The van der Waals surface area contributed by atoms with E-state index in [0.29, 0.717) is 11.9 Å². The van der Waals surface area contributed by atoms with E-state index in [1.807, 2.05) is 0 Å². The number of rotatable bonds is 4. The number of hydrogen-bond donors (Lipinski definition) is 2. The van der Waals surface area contributed by atoms with Crippen molar-refractivity contribution < 1.29 is 0 Å². The van der Waals surface area contributed by atoms with Gasteiger partial charge in [-0.1, -0.05) is 6.42 Å². The fourth-order valence-corrected chi connectivity index (χ4v) is 2.17. The molecule has 5 heteroatoms. The van der Waals surface area contributed by atoms with Crippen molar-refractivity contribution in [1.82, 2.24) is 14.9 Å². The van der Waals surface area contributed by atoms with E-state index in [0.717, 1.165) is 12.4 Å². The number of anilines is 2. The van der Waals surface area contributed by atoms with Crippen LogP contribution in [0.5, 0.6) is 0 Å². The van der Waals surface area contributed by atoms with Gasteiger partial charge in [-0.25, -0.2) is 9.97 Å². The van der Waals surface area contributed by atoms with Crippen LogP contribution in [-0.4, -0.2) is 40.5 Å². The molecular formula is C12H21N5. The Morgan fingerprint density at radius 2 is 2.06 bits per heavy atom. The highest BCUT2D eigenvalue weighted by atomic mass is 15.2. The number of likely N-dealkylation sites (tertiary alicyclic amines) is 1. The molecule has 2 heterocycles. The number of hydrogen-bond acceptors (Lipinski definition) is 5. The average Bonchev–Trinajstić information content (AvgIpc) is 2.39. The lowest BCUT2D eigenvalue weighted by atomic mass is 10.1. The van der Waals surface area contributed by atoms with Crippen molar-refractivity contribution in [3.05, 3.63) is 12.4 Å². The largest absolute Gasteiger partial charge is 0.382 e. The predicted octanol–water partition coefficient (Wildman–Crippen LogP) is 1.35. The maximum atomic E-state index is 5.49. The monoisotopic (exact) mass is 235 g/mol. The molecular weight excluding hydrogens is 214 g/mol. The van der Waals surface area contributed by atoms with E-state index < -0.39 is 0 Å². The van der Waals surface area contributed by atoms with E-state index >= 15 is 0 Å². The van der Waals surface area contributed by atoms with Crippen molar-refractivity contribution in [3.63, 3.8) is 0 Å². The third-order valence-electron chi connectivity index (χ3n) is 3.26. The SMILES string of the molecule is CC(CNc1cnc(N)cn1)N1CCCCC1. The molecule has 0 amide bonds. The van der Waals surface area contributed by atoms with E-state index in [9.17, 15) is 0 Å². The van der Waals surface area contributed by atoms with Gasteiger partial charge >= 0.3 is 0 Å². The molecule has 0 spiro atoms. The highest BCUT2D eigenvalue weighted by Crippen LogP contribution is 2.12. The summed E-state index contributed by atoms with van der Waals surface area (Å²) in [5.74, 6) is 1.25. The molecule has 0 aliphatic carbocycles. The molecule has 17 heavy (non-hydrogen) atoms. The summed E-state index contributed by atoms with van der Waals surface area (Å²) in [4.78, 5) is 10.7. The van der Waals surface area contributed by atoms with Gasteiger partial charge in [0.25, 0.3) is 0 Å². The number of nitrogens with one attached hydrogen (secondary N) is 1. The van der Waals surface area contributed by atoms with Crippen molar-refractivity contribution >= 4 is 11.6 Å². The van der Waals surface area contributed by atoms with E-state index in [-0.39, 0.29) is 0 Å². The van der Waals surface area contributed by atoms with Gasteiger partial charge in [-0.15, -0.1) is 0 Å². The summed E-state index contributed by atoms with van der Waals surface area (Å²) < 4.78 is 0. The van der Waals surface area contributed by atoms with Gasteiger partial charge in [0.1, 0.15) is 11.6 Å². The molecule has 0 radical (unpaired) electrons. The van der Waals surface area contributed by atoms with Gasteiger partial charge in [0, 0.05) is 12.6 Å². The zero-order valence-corrected chi connectivity index (χ0v) is 10.4. The van der Waals surface area contributed by atoms with Crippen LogP contribution < -0.4 is 11.1 Å². The number of piperidine rings is 1. The highest BCUT2D eigenvalue weighted by Gasteiger charge is 2.16. The lowest BCUT2D eigenvalue weighted by Crippen LogP contribution is -2.41. The summed E-state index contributed by atoms with van der Waals surface area (Å²) in [6.45, 7) is 5.59. The van der Waals surface area contributed by atoms with Crippen LogP contribution in [0, 0.1) is 0 Å². The Balaban J connectivity index is 1.78. The second-order valence-corrected chi connectivity index (χ2v) is 4.65. The minimum absolute atomic E-state index is 0.458. The Kier molecular flexibility index (Phi) is 4.14. The standard InChI is InChI=1S/C12H21N5/c1-10(17-5-3-2-4-6-17)7-15-12-9-14-11(13)8-16-12/h8-10H,2-7H2,1H3,(H2,13,14)(H,15,16). The van der Waals surface area contributed by atoms with E-state index in [1.54, 1.807) is 12.4 Å². The fourth-order valence-electron chi connectivity index (χ4n) is 2.17. The lowest BCUT2D eigenvalue weighted by molar-refractivity contribution is 0.180. The van der Waals surface area contributed by atoms with E-state index in [4.69, 9.17) is 5.73 Å². The maximum absolute atomic E-state index is 5.49. The zero-order chi connectivity index (χ0) is 12.1. The average molecular weight is 235 g/mol. The maximum Gasteiger partial charge on any atom is 0.144 e. The molecule has 0 bridgehead atoms. The molecule has 1 fully saturated rings. The molecule has 1 atom stereocenters. The molecule has 1 saturated heterocycles. The van der Waals surface area contributed by atoms with Crippen LogP contribution in [0.1, 0.15) is 26.2 Å². The molecule has 1 aromatic heterocycles.